The predicted molar refractivity (Wildman–Crippen MR) is 69.9 cm³/mol. The van der Waals surface area contributed by atoms with Gasteiger partial charge in [-0.05, 0) is 6.07 Å². The third kappa shape index (κ3) is 1.60. The second kappa shape index (κ2) is 3.95. The largest absolute Gasteiger partial charge is 0.289 e. The van der Waals surface area contributed by atoms with Crippen molar-refractivity contribution in [3.8, 4) is 17.2 Å². The molecule has 7 heteroatoms. The lowest BCUT2D eigenvalue weighted by atomic mass is 10.3. The highest BCUT2D eigenvalue weighted by atomic mass is 32.1. The van der Waals surface area contributed by atoms with E-state index in [-0.39, 0.29) is 0 Å². The molecule has 0 saturated carbocycles. The molecule has 0 unspecified atom stereocenters. The maximum atomic E-state index is 5.36. The van der Waals surface area contributed by atoms with Crippen LogP contribution < -0.4 is 0 Å². The van der Waals surface area contributed by atoms with Crippen molar-refractivity contribution in [2.75, 3.05) is 0 Å². The Labute approximate surface area is 108 Å². The van der Waals surface area contributed by atoms with Crippen LogP contribution in [0.15, 0.2) is 30.6 Å². The third-order valence-corrected chi connectivity index (χ3v) is 3.14. The van der Waals surface area contributed by atoms with Gasteiger partial charge in [-0.3, -0.25) is 14.5 Å². The summed E-state index contributed by atoms with van der Waals surface area (Å²) in [4.78, 5) is 0. The van der Waals surface area contributed by atoms with Crippen molar-refractivity contribution in [2.45, 2.75) is 0 Å². The molecule has 0 atom stereocenters. The highest BCUT2D eigenvalue weighted by molar-refractivity contribution is 7.71. The summed E-state index contributed by atoms with van der Waals surface area (Å²) in [6.07, 6.45) is 3.50. The molecule has 18 heavy (non-hydrogen) atoms. The van der Waals surface area contributed by atoms with Gasteiger partial charge in [0.25, 0.3) is 0 Å². The molecule has 3 aromatic rings. The van der Waals surface area contributed by atoms with Crippen molar-refractivity contribution in [1.82, 2.24) is 29.3 Å². The van der Waals surface area contributed by atoms with Crippen LogP contribution in [0.4, 0.5) is 0 Å². The molecule has 1 N–H and O–H groups in total. The van der Waals surface area contributed by atoms with Crippen LogP contribution in [0.3, 0.4) is 0 Å². The van der Waals surface area contributed by atoms with E-state index in [1.165, 1.54) is 0 Å². The molecule has 0 aromatic carbocycles. The zero-order valence-electron chi connectivity index (χ0n) is 10.0. The molecule has 0 aliphatic carbocycles. The number of hydrogen-bond donors (Lipinski definition) is 1. The van der Waals surface area contributed by atoms with Gasteiger partial charge in [-0.25, -0.2) is 4.68 Å². The Hall–Kier alpha value is -2.15. The maximum Gasteiger partial charge on any atom is 0.151 e. The van der Waals surface area contributed by atoms with Crippen LogP contribution in [-0.4, -0.2) is 29.3 Å². The summed E-state index contributed by atoms with van der Waals surface area (Å²) in [5, 5.41) is 11.5. The van der Waals surface area contributed by atoms with Crippen molar-refractivity contribution < 1.29 is 0 Å². The maximum absolute atomic E-state index is 5.36. The molecule has 0 bridgehead atoms. The molecule has 3 heterocycles. The zero-order chi connectivity index (χ0) is 12.7. The van der Waals surface area contributed by atoms with E-state index in [9.17, 15) is 0 Å². The summed E-state index contributed by atoms with van der Waals surface area (Å²) < 4.78 is 6.09. The quantitative estimate of drug-likeness (QED) is 0.713. The Bertz CT molecular complexity index is 744. The second-order valence-corrected chi connectivity index (χ2v) is 4.41. The number of nitrogens with zero attached hydrogens (tertiary/aromatic N) is 5. The van der Waals surface area contributed by atoms with Crippen LogP contribution in [0.2, 0.25) is 0 Å². The van der Waals surface area contributed by atoms with Crippen LogP contribution >= 0.6 is 12.2 Å². The minimum Gasteiger partial charge on any atom is -0.289 e. The normalized spacial score (nSPS) is 11.0. The molecule has 0 radical (unpaired) electrons. The van der Waals surface area contributed by atoms with Gasteiger partial charge in [0.1, 0.15) is 4.64 Å². The third-order valence-electron chi connectivity index (χ3n) is 2.84. The molecule has 3 aromatic heterocycles. The van der Waals surface area contributed by atoms with E-state index in [0.29, 0.717) is 4.64 Å². The molecule has 0 spiro atoms. The number of nitrogens with one attached hydrogen (secondary N) is 1. The van der Waals surface area contributed by atoms with Crippen molar-refractivity contribution in [1.29, 1.82) is 0 Å². The van der Waals surface area contributed by atoms with E-state index in [1.54, 1.807) is 21.8 Å². The number of aromatic amines is 1. The summed E-state index contributed by atoms with van der Waals surface area (Å²) in [5.41, 5.74) is 1.92. The van der Waals surface area contributed by atoms with E-state index >= 15 is 0 Å². The minimum absolute atomic E-state index is 0.704. The number of aryl methyl sites for hydroxylation is 2. The average molecular weight is 260 g/mol. The van der Waals surface area contributed by atoms with Gasteiger partial charge in [-0.1, -0.05) is 12.2 Å². The Morgan fingerprint density at radius 3 is 2.44 bits per heavy atom. The van der Waals surface area contributed by atoms with Gasteiger partial charge in [-0.2, -0.15) is 10.2 Å². The molecule has 6 nitrogen and oxygen atoms in total. The fraction of sp³-hybridized carbons (Fsp3) is 0.182. The van der Waals surface area contributed by atoms with Crippen molar-refractivity contribution >= 4 is 12.2 Å². The van der Waals surface area contributed by atoms with Crippen LogP contribution in [0.1, 0.15) is 0 Å². The molecule has 0 amide bonds. The molecule has 92 valence electrons. The highest BCUT2D eigenvalue weighted by Crippen LogP contribution is 2.18. The zero-order valence-corrected chi connectivity index (χ0v) is 10.8. The first-order chi connectivity index (χ1) is 8.66. The summed E-state index contributed by atoms with van der Waals surface area (Å²) in [7, 11) is 3.77. The number of hydrogen-bond acceptors (Lipinski definition) is 3. The first-order valence-electron chi connectivity index (χ1n) is 5.45. The van der Waals surface area contributed by atoms with E-state index < -0.39 is 0 Å². The lowest BCUT2D eigenvalue weighted by Crippen LogP contribution is -2.04. The van der Waals surface area contributed by atoms with E-state index in [4.69, 9.17) is 12.2 Å². The first-order valence-corrected chi connectivity index (χ1v) is 5.86. The van der Waals surface area contributed by atoms with E-state index in [2.05, 4.69) is 15.3 Å². The van der Waals surface area contributed by atoms with Crippen molar-refractivity contribution in [3.05, 3.63) is 35.2 Å². The Morgan fingerprint density at radius 1 is 1.11 bits per heavy atom. The van der Waals surface area contributed by atoms with E-state index in [1.807, 2.05) is 37.0 Å². The lowest BCUT2D eigenvalue weighted by molar-refractivity contribution is 0.694. The van der Waals surface area contributed by atoms with Crippen molar-refractivity contribution in [3.63, 3.8) is 0 Å². The Morgan fingerprint density at radius 2 is 1.83 bits per heavy atom. The number of H-pyrrole nitrogens is 1. The lowest BCUT2D eigenvalue weighted by Gasteiger charge is -2.03. The number of aromatic nitrogens is 6. The molecular formula is C11H12N6S. The summed E-state index contributed by atoms with van der Waals surface area (Å²) in [5.74, 6) is 0.897. The minimum atomic E-state index is 0.704. The summed E-state index contributed by atoms with van der Waals surface area (Å²) in [6.45, 7) is 0. The standard InChI is InChI=1S/C11H12N6S/c1-15-9(3-5-12-15)8-7-11(18)17(14-8)10-4-6-13-16(10)2/h3-7,14H,1-2H3. The Kier molecular flexibility index (Phi) is 2.41. The molecule has 0 aliphatic rings. The van der Waals surface area contributed by atoms with Gasteiger partial charge in [0, 0.05) is 32.4 Å². The van der Waals surface area contributed by atoms with Crippen LogP contribution in [0.25, 0.3) is 17.2 Å². The monoisotopic (exact) mass is 260 g/mol. The highest BCUT2D eigenvalue weighted by Gasteiger charge is 2.09. The fourth-order valence-corrected chi connectivity index (χ4v) is 2.18. The van der Waals surface area contributed by atoms with Crippen LogP contribution in [0.5, 0.6) is 0 Å². The molecular weight excluding hydrogens is 248 g/mol. The molecule has 0 aliphatic heterocycles. The van der Waals surface area contributed by atoms with Gasteiger partial charge in [0.15, 0.2) is 5.82 Å². The second-order valence-electron chi connectivity index (χ2n) is 4.00. The van der Waals surface area contributed by atoms with Gasteiger partial charge in [0.2, 0.25) is 0 Å². The van der Waals surface area contributed by atoms with Gasteiger partial charge in [-0.15, -0.1) is 0 Å². The smallest absolute Gasteiger partial charge is 0.151 e. The van der Waals surface area contributed by atoms with Gasteiger partial charge in [0.05, 0.1) is 17.6 Å². The Balaban J connectivity index is 2.16. The predicted octanol–water partition coefficient (Wildman–Crippen LogP) is 1.67. The van der Waals surface area contributed by atoms with Crippen molar-refractivity contribution in [2.24, 2.45) is 14.1 Å². The number of rotatable bonds is 2. The van der Waals surface area contributed by atoms with Gasteiger partial charge < -0.3 is 0 Å². The molecule has 0 fully saturated rings. The first kappa shape index (κ1) is 11.0. The summed E-state index contributed by atoms with van der Waals surface area (Å²) >= 11 is 5.36. The van der Waals surface area contributed by atoms with Crippen LogP contribution in [-0.2, 0) is 14.1 Å². The molecule has 0 saturated heterocycles. The topological polar surface area (TPSA) is 56.4 Å². The fourth-order valence-electron chi connectivity index (χ4n) is 1.92. The van der Waals surface area contributed by atoms with Gasteiger partial charge >= 0.3 is 0 Å². The van der Waals surface area contributed by atoms with Crippen LogP contribution in [0, 0.1) is 4.64 Å². The average Bonchev–Trinajstić information content (AvgIpc) is 3.00. The molecule has 3 rings (SSSR count). The SMILES string of the molecule is Cn1nccc1-c1cc(=S)n(-c2ccnn2C)[nH]1. The van der Waals surface area contributed by atoms with E-state index in [0.717, 1.165) is 17.2 Å². The summed E-state index contributed by atoms with van der Waals surface area (Å²) in [6, 6.07) is 5.76.